The van der Waals surface area contributed by atoms with Crippen molar-refractivity contribution in [2.75, 3.05) is 23.8 Å². The van der Waals surface area contributed by atoms with Crippen molar-refractivity contribution in [3.8, 4) is 0 Å². The van der Waals surface area contributed by atoms with Gasteiger partial charge in [-0.3, -0.25) is 9.59 Å². The number of benzene rings is 2. The fourth-order valence-corrected chi connectivity index (χ4v) is 7.33. The number of aliphatic hydroxyl groups is 2. The smallest absolute Gasteiger partial charge is 0.408 e. The molecule has 2 atom stereocenters. The van der Waals surface area contributed by atoms with Gasteiger partial charge < -0.3 is 55.2 Å². The summed E-state index contributed by atoms with van der Waals surface area (Å²) in [7, 11) is 0. The molecule has 18 nitrogen and oxygen atoms in total. The molecule has 0 radical (unpaired) electrons. The van der Waals surface area contributed by atoms with Gasteiger partial charge in [0.2, 0.25) is 11.8 Å². The third kappa shape index (κ3) is 13.4. The summed E-state index contributed by atoms with van der Waals surface area (Å²) < 4.78 is 20.5. The highest BCUT2D eigenvalue weighted by molar-refractivity contribution is 6.11. The zero-order valence-corrected chi connectivity index (χ0v) is 41.3. The number of ether oxygens (including phenoxy) is 3. The van der Waals surface area contributed by atoms with Crippen LogP contribution >= 0.6 is 0 Å². The molecule has 0 fully saturated rings. The molecule has 18 heteroatoms. The number of para-hydroxylation sites is 2. The van der Waals surface area contributed by atoms with Crippen LogP contribution in [0.25, 0.3) is 43.9 Å². The van der Waals surface area contributed by atoms with Gasteiger partial charge in [-0.25, -0.2) is 24.7 Å². The number of anilines is 2. The van der Waals surface area contributed by atoms with Gasteiger partial charge in [0, 0.05) is 25.4 Å². The Morgan fingerprint density at radius 1 is 0.672 bits per heavy atom. The summed E-state index contributed by atoms with van der Waals surface area (Å²) in [5.74, 6) is 0.924. The van der Waals surface area contributed by atoms with E-state index in [2.05, 4.69) is 20.9 Å². The Labute approximate surface area is 393 Å². The Kier molecular flexibility index (Phi) is 16.7. The third-order valence-electron chi connectivity index (χ3n) is 10.4. The van der Waals surface area contributed by atoms with E-state index in [-0.39, 0.29) is 44.7 Å². The number of nitrogens with zero attached hydrogens (tertiary/aromatic N) is 6. The molecule has 0 aliphatic carbocycles. The summed E-state index contributed by atoms with van der Waals surface area (Å²) in [6, 6.07) is 13.7. The first-order chi connectivity index (χ1) is 31.3. The van der Waals surface area contributed by atoms with Gasteiger partial charge in [-0.2, -0.15) is 0 Å². The lowest BCUT2D eigenvalue weighted by atomic mass is 10.0. The fraction of sp³-hybridized carbons (Fsp3) is 0.531. The van der Waals surface area contributed by atoms with Crippen LogP contribution in [0.1, 0.15) is 103 Å². The fourth-order valence-electron chi connectivity index (χ4n) is 7.33. The normalized spacial score (nSPS) is 13.3. The zero-order valence-electron chi connectivity index (χ0n) is 41.3. The summed E-state index contributed by atoms with van der Waals surface area (Å²) in [6.07, 6.45) is -0.675. The Morgan fingerprint density at radius 2 is 1.09 bits per heavy atom. The SMILES string of the molecule is CCOCc1nc2c(NC(=O)[C@@H](N)C(C)C)nc3ccccc3c2n1CC(C)(C)O.CCOCc1nc2c(NC(=O)[C@@H](NC(=O)OC(C)(C)C)C(C)C)nc3ccccc3c2n1CC(C)(C)O.[HH]. The molecule has 0 bridgehead atoms. The molecule has 3 amide bonds. The van der Waals surface area contributed by atoms with Crippen molar-refractivity contribution >= 4 is 73.4 Å². The van der Waals surface area contributed by atoms with Crippen LogP contribution in [0.3, 0.4) is 0 Å². The Hall–Kier alpha value is -5.79. The molecule has 0 saturated heterocycles. The number of rotatable bonds is 17. The van der Waals surface area contributed by atoms with Crippen molar-refractivity contribution in [3.63, 3.8) is 0 Å². The van der Waals surface area contributed by atoms with Gasteiger partial charge in [0.1, 0.15) is 47.5 Å². The molecule has 0 saturated carbocycles. The van der Waals surface area contributed by atoms with Crippen molar-refractivity contribution in [1.29, 1.82) is 0 Å². The van der Waals surface area contributed by atoms with Crippen molar-refractivity contribution in [3.05, 3.63) is 60.2 Å². The number of carbonyl (C=O) groups excluding carboxylic acids is 3. The van der Waals surface area contributed by atoms with E-state index in [1.807, 2.05) is 99.2 Å². The Balaban J connectivity index is 0.000000298. The van der Waals surface area contributed by atoms with Crippen LogP contribution in [0, 0.1) is 11.8 Å². The number of hydrogen-bond donors (Lipinski definition) is 6. The predicted octanol–water partition coefficient (Wildman–Crippen LogP) is 7.44. The number of amides is 3. The molecule has 0 aliphatic heterocycles. The maximum Gasteiger partial charge on any atom is 0.408 e. The lowest BCUT2D eigenvalue weighted by molar-refractivity contribution is -0.119. The van der Waals surface area contributed by atoms with Gasteiger partial charge >= 0.3 is 6.09 Å². The number of imidazole rings is 2. The molecule has 4 heterocycles. The van der Waals surface area contributed by atoms with Gasteiger partial charge in [0.05, 0.1) is 52.4 Å². The van der Waals surface area contributed by atoms with E-state index in [4.69, 9.17) is 34.9 Å². The molecule has 2 aromatic carbocycles. The number of nitrogens with one attached hydrogen (secondary N) is 3. The molecule has 4 aromatic heterocycles. The maximum atomic E-state index is 13.4. The second-order valence-electron chi connectivity index (χ2n) is 19.6. The highest BCUT2D eigenvalue weighted by Crippen LogP contribution is 2.33. The minimum Gasteiger partial charge on any atom is -0.444 e. The van der Waals surface area contributed by atoms with Crippen molar-refractivity contribution in [2.24, 2.45) is 17.6 Å². The topological polar surface area (TPSA) is 243 Å². The van der Waals surface area contributed by atoms with E-state index in [1.54, 1.807) is 48.5 Å². The van der Waals surface area contributed by atoms with E-state index >= 15 is 0 Å². The Bertz CT molecular complexity index is 2700. The van der Waals surface area contributed by atoms with Crippen LogP contribution in [-0.4, -0.2) is 99.3 Å². The van der Waals surface area contributed by atoms with E-state index in [1.165, 1.54) is 0 Å². The second kappa shape index (κ2) is 21.4. The highest BCUT2D eigenvalue weighted by Gasteiger charge is 2.30. The van der Waals surface area contributed by atoms with Crippen LogP contribution < -0.4 is 21.7 Å². The molecule has 0 spiro atoms. The van der Waals surface area contributed by atoms with Gasteiger partial charge in [0.25, 0.3) is 0 Å². The summed E-state index contributed by atoms with van der Waals surface area (Å²) in [4.78, 5) is 57.4. The maximum absolute atomic E-state index is 13.4. The van der Waals surface area contributed by atoms with Crippen LogP contribution in [0.15, 0.2) is 48.5 Å². The molecule has 0 unspecified atom stereocenters. The van der Waals surface area contributed by atoms with Crippen molar-refractivity contribution < 1.29 is 40.2 Å². The summed E-state index contributed by atoms with van der Waals surface area (Å²) >= 11 is 0. The molecule has 6 aromatic rings. The average Bonchev–Trinajstić information content (AvgIpc) is 3.77. The summed E-state index contributed by atoms with van der Waals surface area (Å²) in [5, 5.41) is 31.3. The number of fused-ring (bicyclic) bond motifs is 6. The van der Waals surface area contributed by atoms with Crippen LogP contribution in [-0.2, 0) is 50.1 Å². The van der Waals surface area contributed by atoms with Crippen LogP contribution in [0.4, 0.5) is 16.4 Å². The molecule has 67 heavy (non-hydrogen) atoms. The first-order valence-corrected chi connectivity index (χ1v) is 22.8. The molecular weight excluding hydrogens is 857 g/mol. The van der Waals surface area contributed by atoms with Crippen LogP contribution in [0.2, 0.25) is 0 Å². The largest absolute Gasteiger partial charge is 0.444 e. The molecule has 6 rings (SSSR count). The van der Waals surface area contributed by atoms with Gasteiger partial charge in [0.15, 0.2) is 11.6 Å². The van der Waals surface area contributed by atoms with Crippen molar-refractivity contribution in [1.82, 2.24) is 34.4 Å². The van der Waals surface area contributed by atoms with Crippen molar-refractivity contribution in [2.45, 2.75) is 145 Å². The third-order valence-corrected chi connectivity index (χ3v) is 10.4. The lowest BCUT2D eigenvalue weighted by Crippen LogP contribution is -2.48. The average molecular weight is 929 g/mol. The predicted molar refractivity (Wildman–Crippen MR) is 264 cm³/mol. The summed E-state index contributed by atoms with van der Waals surface area (Å²) in [5.41, 5.74) is 7.28. The highest BCUT2D eigenvalue weighted by atomic mass is 16.6. The molecule has 7 N–H and O–H groups in total. The Morgan fingerprint density at radius 3 is 1.46 bits per heavy atom. The second-order valence-corrected chi connectivity index (χ2v) is 19.6. The molecule has 366 valence electrons. The quantitative estimate of drug-likeness (QED) is 0.0522. The zero-order chi connectivity index (χ0) is 49.6. The molecular formula is C49H72N10O8. The van der Waals surface area contributed by atoms with E-state index < -0.39 is 40.9 Å². The van der Waals surface area contributed by atoms with E-state index in [0.717, 1.165) is 27.3 Å². The summed E-state index contributed by atoms with van der Waals surface area (Å²) in [6.45, 7) is 25.7. The number of hydrogen-bond acceptors (Lipinski definition) is 13. The minimum atomic E-state index is -1.03. The standard InChI is InChI=1S/C27H39N5O5.C22H31N5O3.H2/c1-9-36-14-19-29-21-22(32(19)15-27(7,8)35)17-12-10-11-13-18(17)28-23(21)31-24(33)20(16(2)3)30-25(34)37-26(4,5)6;1-6-30-11-16-25-18-19(27(16)12-22(4,5)29)14-9-7-8-10-15(14)24-20(18)26-21(28)17(23)13(2)3;/h10-13,16,20,35H,9,14-15H2,1-8H3,(H,30,34)(H,28,31,33);7-10,13,17,29H,6,11-12,23H2,1-5H3,(H,24,26,28);1H/t20-;17-;/m00./s1. The monoisotopic (exact) mass is 929 g/mol. The van der Waals surface area contributed by atoms with Gasteiger partial charge in [-0.15, -0.1) is 0 Å². The first-order valence-electron chi connectivity index (χ1n) is 22.8. The van der Waals surface area contributed by atoms with E-state index in [0.29, 0.717) is 53.8 Å². The number of carbonyl (C=O) groups is 3. The minimum absolute atomic E-state index is 0. The lowest BCUT2D eigenvalue weighted by Gasteiger charge is -2.25. The first kappa shape index (κ1) is 52.2. The number of alkyl carbamates (subject to hydrolysis) is 1. The van der Waals surface area contributed by atoms with E-state index in [9.17, 15) is 24.6 Å². The molecule has 0 aliphatic rings. The number of aromatic nitrogens is 6. The number of pyridine rings is 2. The van der Waals surface area contributed by atoms with Crippen LogP contribution in [0.5, 0.6) is 0 Å². The van der Waals surface area contributed by atoms with Gasteiger partial charge in [-0.1, -0.05) is 64.1 Å². The van der Waals surface area contributed by atoms with Gasteiger partial charge in [-0.05, 0) is 86.3 Å². The number of nitrogens with two attached hydrogens (primary N) is 1.